The molecule has 0 spiro atoms. The lowest BCUT2D eigenvalue weighted by atomic mass is 9.78. The van der Waals surface area contributed by atoms with Crippen LogP contribution in [-0.2, 0) is 30.2 Å². The Morgan fingerprint density at radius 3 is 2.29 bits per heavy atom. The predicted molar refractivity (Wildman–Crippen MR) is 138 cm³/mol. The van der Waals surface area contributed by atoms with Gasteiger partial charge < -0.3 is 29.8 Å². The highest BCUT2D eigenvalue weighted by Gasteiger charge is 2.36. The van der Waals surface area contributed by atoms with Crippen molar-refractivity contribution in [3.05, 3.63) is 48.5 Å². The number of ether oxygens (including phenoxy) is 2. The molecule has 2 aromatic carbocycles. The molecule has 0 heterocycles. The summed E-state index contributed by atoms with van der Waals surface area (Å²) in [6.45, 7) is 0. The zero-order chi connectivity index (χ0) is 27.7. The zero-order valence-corrected chi connectivity index (χ0v) is 21.6. The maximum Gasteiger partial charge on any atom is 0.436 e. The van der Waals surface area contributed by atoms with Crippen molar-refractivity contribution < 1.29 is 38.3 Å². The number of amides is 3. The molecular weight excluding hydrogens is 516 g/mol. The fourth-order valence-electron chi connectivity index (χ4n) is 4.00. The van der Waals surface area contributed by atoms with Crippen molar-refractivity contribution >= 4 is 52.6 Å². The summed E-state index contributed by atoms with van der Waals surface area (Å²) >= 11 is -1.76. The summed E-state index contributed by atoms with van der Waals surface area (Å²) in [6, 6.07) is 13.0. The largest absolute Gasteiger partial charge is 0.606 e. The Hall–Kier alpha value is -4.10. The molecule has 0 aliphatic heterocycles. The first-order valence-corrected chi connectivity index (χ1v) is 12.8. The number of carbonyl (C=O) groups excluding carboxylic acids is 3. The molecule has 1 aliphatic carbocycles. The van der Waals surface area contributed by atoms with Gasteiger partial charge in [-0.25, -0.2) is 9.59 Å². The molecule has 12 nitrogen and oxygen atoms in total. The molecule has 202 valence electrons. The number of anilines is 2. The molecule has 0 saturated heterocycles. The molecule has 0 radical (unpaired) electrons. The average molecular weight is 545 g/mol. The van der Waals surface area contributed by atoms with Crippen LogP contribution in [0.25, 0.3) is 0 Å². The van der Waals surface area contributed by atoms with Crippen LogP contribution in [0.3, 0.4) is 0 Å². The van der Waals surface area contributed by atoms with E-state index in [0.29, 0.717) is 17.7 Å². The second kappa shape index (κ2) is 13.4. The minimum Gasteiger partial charge on any atom is -0.606 e. The van der Waals surface area contributed by atoms with Crippen molar-refractivity contribution in [1.82, 2.24) is 5.32 Å². The lowest BCUT2D eigenvalue weighted by Gasteiger charge is -2.27. The van der Waals surface area contributed by atoms with Crippen molar-refractivity contribution in [2.24, 2.45) is 16.8 Å². The summed E-state index contributed by atoms with van der Waals surface area (Å²) in [5, 5.41) is 17.3. The molecule has 3 atom stereocenters. The molecule has 3 amide bonds. The second-order valence-corrected chi connectivity index (χ2v) is 9.74. The van der Waals surface area contributed by atoms with Crippen LogP contribution in [0.1, 0.15) is 25.7 Å². The van der Waals surface area contributed by atoms with Gasteiger partial charge in [0.05, 0.1) is 31.7 Å². The summed E-state index contributed by atoms with van der Waals surface area (Å²) in [6.07, 6.45) is 0.419. The number of methoxy groups -OCH3 is 2. The third kappa shape index (κ3) is 7.46. The number of guanidine groups is 1. The molecule has 2 aromatic rings. The number of alkyl carbamates (subject to hydrolysis) is 1. The molecule has 1 aliphatic rings. The molecule has 1 fully saturated rings. The normalized spacial score (nSPS) is 18.0. The maximum absolute atomic E-state index is 13.5. The number of nitrogens with one attached hydrogen (secondary N) is 3. The van der Waals surface area contributed by atoms with E-state index in [2.05, 4.69) is 30.4 Å². The minimum atomic E-state index is -1.76. The van der Waals surface area contributed by atoms with E-state index in [1.807, 2.05) is 0 Å². The number of rotatable bonds is 6. The third-order valence-electron chi connectivity index (χ3n) is 5.86. The van der Waals surface area contributed by atoms with Gasteiger partial charge in [0.1, 0.15) is 0 Å². The lowest BCUT2D eigenvalue weighted by molar-refractivity contribution is -0.147. The number of aliphatic carboxylic acids is 1. The Morgan fingerprint density at radius 2 is 1.66 bits per heavy atom. The van der Waals surface area contributed by atoms with Crippen molar-refractivity contribution in [3.8, 4) is 0 Å². The molecule has 0 bridgehead atoms. The van der Waals surface area contributed by atoms with Crippen LogP contribution < -0.4 is 16.0 Å². The van der Waals surface area contributed by atoms with Gasteiger partial charge >= 0.3 is 18.2 Å². The van der Waals surface area contributed by atoms with Gasteiger partial charge in [-0.3, -0.25) is 14.9 Å². The highest BCUT2D eigenvalue weighted by atomic mass is 32.2. The maximum atomic E-state index is 13.5. The molecule has 38 heavy (non-hydrogen) atoms. The summed E-state index contributed by atoms with van der Waals surface area (Å²) in [4.78, 5) is 52.5. The second-order valence-electron chi connectivity index (χ2n) is 8.29. The average Bonchev–Trinajstić information content (AvgIpc) is 2.93. The van der Waals surface area contributed by atoms with E-state index in [0.717, 1.165) is 27.1 Å². The van der Waals surface area contributed by atoms with Crippen LogP contribution in [0.15, 0.2) is 63.3 Å². The fourth-order valence-corrected chi connectivity index (χ4v) is 5.21. The Bertz CT molecular complexity index is 1210. The smallest absolute Gasteiger partial charge is 0.436 e. The number of hydrogen-bond donors (Lipinski definition) is 4. The Kier molecular flexibility index (Phi) is 10.1. The summed E-state index contributed by atoms with van der Waals surface area (Å²) in [5.41, 5.74) is 0.493. The van der Waals surface area contributed by atoms with Crippen LogP contribution in [-0.4, -0.2) is 53.9 Å². The van der Waals surface area contributed by atoms with Crippen molar-refractivity contribution in [2.45, 2.75) is 35.5 Å². The third-order valence-corrected chi connectivity index (χ3v) is 7.30. The van der Waals surface area contributed by atoms with Crippen LogP contribution >= 0.6 is 0 Å². The quantitative estimate of drug-likeness (QED) is 0.240. The van der Waals surface area contributed by atoms with Crippen LogP contribution in [0.4, 0.5) is 21.0 Å². The molecule has 4 N–H and O–H groups in total. The predicted octanol–water partition coefficient (Wildman–Crippen LogP) is 3.57. The number of hydrogen-bond acceptors (Lipinski definition) is 7. The van der Waals surface area contributed by atoms with Crippen LogP contribution in [0.5, 0.6) is 0 Å². The summed E-state index contributed by atoms with van der Waals surface area (Å²) < 4.78 is 22.6. The van der Waals surface area contributed by atoms with Gasteiger partial charge in [0.2, 0.25) is 11.9 Å². The van der Waals surface area contributed by atoms with E-state index in [4.69, 9.17) is 0 Å². The standard InChI is InChI=1S/C25H28N4O8S/c1-36-24(33)28-23(29-25(34)37-2)26-15-12-13-19(20(14-15)38(35)16-8-4-3-5-9-16)27-21(30)17-10-6-7-11-18(17)22(31)32/h3-5,8-9,12-14,17-18H,6-7,10-11H2,1-2H3,(H,27,30)(H,31,32)(H2,26,28,29,33,34). The van der Waals surface area contributed by atoms with Gasteiger partial charge in [-0.1, -0.05) is 31.0 Å². The van der Waals surface area contributed by atoms with E-state index in [9.17, 15) is 28.8 Å². The van der Waals surface area contributed by atoms with E-state index in [-0.39, 0.29) is 22.2 Å². The van der Waals surface area contributed by atoms with Crippen molar-refractivity contribution in [3.63, 3.8) is 0 Å². The van der Waals surface area contributed by atoms with E-state index in [1.165, 1.54) is 18.2 Å². The van der Waals surface area contributed by atoms with Gasteiger partial charge in [-0.2, -0.15) is 0 Å². The van der Waals surface area contributed by atoms with Crippen LogP contribution in [0, 0.1) is 11.8 Å². The van der Waals surface area contributed by atoms with Crippen molar-refractivity contribution in [2.75, 3.05) is 24.9 Å². The molecule has 13 heteroatoms. The highest BCUT2D eigenvalue weighted by Crippen LogP contribution is 2.34. The first-order valence-electron chi connectivity index (χ1n) is 11.7. The Balaban J connectivity index is 1.96. The van der Waals surface area contributed by atoms with Gasteiger partial charge in [0, 0.05) is 22.9 Å². The number of carboxylic acid groups (broad SMARTS) is 1. The Labute approximate surface area is 222 Å². The lowest BCUT2D eigenvalue weighted by Crippen LogP contribution is -2.37. The van der Waals surface area contributed by atoms with E-state index in [1.54, 1.807) is 30.3 Å². The monoisotopic (exact) mass is 544 g/mol. The van der Waals surface area contributed by atoms with Crippen molar-refractivity contribution in [1.29, 1.82) is 0 Å². The number of benzene rings is 2. The molecular formula is C25H28N4O8S. The highest BCUT2D eigenvalue weighted by molar-refractivity contribution is 7.91. The van der Waals surface area contributed by atoms with Gasteiger partial charge in [0.15, 0.2) is 9.79 Å². The van der Waals surface area contributed by atoms with Crippen LogP contribution in [0.2, 0.25) is 0 Å². The SMILES string of the molecule is COC(=O)N=C(NC(=O)OC)Nc1ccc(NC(=O)C2CCCCC2C(=O)O)c([S+]([O-])c2ccccc2)c1. The molecule has 0 aromatic heterocycles. The first-order chi connectivity index (χ1) is 18.2. The summed E-state index contributed by atoms with van der Waals surface area (Å²) in [5.74, 6) is -3.32. The number of carboxylic acids is 1. The van der Waals surface area contributed by atoms with E-state index < -0.39 is 47.1 Å². The topological polar surface area (TPSA) is 178 Å². The Morgan fingerprint density at radius 1 is 0.974 bits per heavy atom. The van der Waals surface area contributed by atoms with E-state index >= 15 is 0 Å². The zero-order valence-electron chi connectivity index (χ0n) is 20.8. The molecule has 3 unspecified atom stereocenters. The fraction of sp³-hybridized carbons (Fsp3) is 0.320. The first kappa shape index (κ1) is 28.5. The number of carbonyl (C=O) groups is 4. The molecule has 3 rings (SSSR count). The van der Waals surface area contributed by atoms with Gasteiger partial charge in [-0.05, 0) is 37.1 Å². The summed E-state index contributed by atoms with van der Waals surface area (Å²) in [7, 11) is 2.24. The van der Waals surface area contributed by atoms with Gasteiger partial charge in [0.25, 0.3) is 0 Å². The number of aliphatic imine (C=N–C) groups is 1. The minimum absolute atomic E-state index is 0.202. The van der Waals surface area contributed by atoms with Gasteiger partial charge in [-0.15, -0.1) is 4.99 Å². The molecule has 1 saturated carbocycles. The number of nitrogens with zero attached hydrogens (tertiary/aromatic N) is 1.